The molecule has 0 aromatic rings. The average Bonchev–Trinajstić information content (AvgIpc) is 2.13. The average molecular weight is 231 g/mol. The van der Waals surface area contributed by atoms with E-state index in [0.29, 0.717) is 38.8 Å². The number of carboxylic acid groups (broad SMARTS) is 1. The highest BCUT2D eigenvalue weighted by atomic mass is 16.5. The molecule has 7 heteroatoms. The normalized spacial score (nSPS) is 28.6. The molecule has 1 rings (SSSR count). The zero-order valence-electron chi connectivity index (χ0n) is 9.13. The molecule has 0 heterocycles. The van der Waals surface area contributed by atoms with Crippen LogP contribution in [-0.2, 0) is 9.53 Å². The Bertz CT molecular complexity index is 242. The number of rotatable bonds is 7. The van der Waals surface area contributed by atoms with Gasteiger partial charge in [0.15, 0.2) is 0 Å². The monoisotopic (exact) mass is 231 g/mol. The fourth-order valence-corrected chi connectivity index (χ4v) is 1.88. The second-order valence-electron chi connectivity index (χ2n) is 4.43. The van der Waals surface area contributed by atoms with Crippen LogP contribution in [0.4, 0.5) is 0 Å². The topological polar surface area (TPSA) is 113 Å². The van der Waals surface area contributed by atoms with Gasteiger partial charge in [-0.2, -0.15) is 0 Å². The summed E-state index contributed by atoms with van der Waals surface area (Å²) in [7, 11) is -1.28. The van der Waals surface area contributed by atoms with Crippen LogP contribution in [0.25, 0.3) is 0 Å². The molecule has 0 spiro atoms. The van der Waals surface area contributed by atoms with Crippen molar-refractivity contribution in [2.24, 2.45) is 11.7 Å². The summed E-state index contributed by atoms with van der Waals surface area (Å²) in [6.45, 7) is 0.951. The summed E-state index contributed by atoms with van der Waals surface area (Å²) in [5.74, 6) is -0.743. The number of carbonyl (C=O) groups is 1. The standard InChI is InChI=1S/C9H18BNO5/c11-9(8(12)13)4-7(5-9)6-16-3-1-2-10(14)15/h7,14-15H,1-6,11H2,(H,12,13). The van der Waals surface area contributed by atoms with Crippen molar-refractivity contribution in [3.63, 3.8) is 0 Å². The van der Waals surface area contributed by atoms with Gasteiger partial charge in [0.25, 0.3) is 0 Å². The zero-order chi connectivity index (χ0) is 12.2. The van der Waals surface area contributed by atoms with E-state index in [1.54, 1.807) is 0 Å². The highest BCUT2D eigenvalue weighted by molar-refractivity contribution is 6.40. The Morgan fingerprint density at radius 1 is 1.50 bits per heavy atom. The Kier molecular flexibility index (Phi) is 4.73. The van der Waals surface area contributed by atoms with Crippen LogP contribution in [0, 0.1) is 5.92 Å². The number of hydrogen-bond donors (Lipinski definition) is 4. The van der Waals surface area contributed by atoms with E-state index in [0.717, 1.165) is 0 Å². The van der Waals surface area contributed by atoms with Crippen molar-refractivity contribution in [3.8, 4) is 0 Å². The molecule has 0 aromatic heterocycles. The van der Waals surface area contributed by atoms with Gasteiger partial charge in [0.2, 0.25) is 0 Å². The molecule has 0 unspecified atom stereocenters. The minimum atomic E-state index is -1.28. The predicted octanol–water partition coefficient (Wildman–Crippen LogP) is -0.942. The Balaban J connectivity index is 1.99. The largest absolute Gasteiger partial charge is 0.480 e. The summed E-state index contributed by atoms with van der Waals surface area (Å²) in [5, 5.41) is 25.9. The highest BCUT2D eigenvalue weighted by Gasteiger charge is 2.47. The smallest absolute Gasteiger partial charge is 0.451 e. The van der Waals surface area contributed by atoms with Gasteiger partial charge in [-0.3, -0.25) is 4.79 Å². The lowest BCUT2D eigenvalue weighted by molar-refractivity contribution is -0.150. The Morgan fingerprint density at radius 3 is 2.62 bits per heavy atom. The van der Waals surface area contributed by atoms with Crippen molar-refractivity contribution < 1.29 is 24.7 Å². The van der Waals surface area contributed by atoms with Crippen LogP contribution in [0.1, 0.15) is 19.3 Å². The fraction of sp³-hybridized carbons (Fsp3) is 0.889. The lowest BCUT2D eigenvalue weighted by Gasteiger charge is -2.41. The fourth-order valence-electron chi connectivity index (χ4n) is 1.88. The van der Waals surface area contributed by atoms with Gasteiger partial charge >= 0.3 is 13.1 Å². The maximum absolute atomic E-state index is 10.7. The van der Waals surface area contributed by atoms with E-state index in [-0.39, 0.29) is 5.92 Å². The van der Waals surface area contributed by atoms with Crippen LogP contribution < -0.4 is 5.73 Å². The van der Waals surface area contributed by atoms with Crippen LogP contribution in [0.15, 0.2) is 0 Å². The van der Waals surface area contributed by atoms with Crippen LogP contribution in [0.3, 0.4) is 0 Å². The predicted molar refractivity (Wildman–Crippen MR) is 57.7 cm³/mol. The Labute approximate surface area is 94.5 Å². The number of aliphatic carboxylic acids is 1. The van der Waals surface area contributed by atoms with Gasteiger partial charge in [-0.15, -0.1) is 0 Å². The van der Waals surface area contributed by atoms with Crippen LogP contribution in [0.5, 0.6) is 0 Å². The van der Waals surface area contributed by atoms with Crippen LogP contribution in [0.2, 0.25) is 6.32 Å². The number of nitrogens with two attached hydrogens (primary N) is 1. The minimum Gasteiger partial charge on any atom is -0.480 e. The third-order valence-corrected chi connectivity index (χ3v) is 2.84. The van der Waals surface area contributed by atoms with Crippen molar-refractivity contribution in [2.45, 2.75) is 31.1 Å². The molecule has 1 fully saturated rings. The molecule has 5 N–H and O–H groups in total. The van der Waals surface area contributed by atoms with Gasteiger partial charge in [0.1, 0.15) is 5.54 Å². The van der Waals surface area contributed by atoms with Gasteiger partial charge in [-0.05, 0) is 31.5 Å². The first kappa shape index (κ1) is 13.4. The molecule has 6 nitrogen and oxygen atoms in total. The lowest BCUT2D eigenvalue weighted by Crippen LogP contribution is -2.58. The van der Waals surface area contributed by atoms with E-state index in [4.69, 9.17) is 25.6 Å². The number of carboxylic acids is 1. The molecular weight excluding hydrogens is 213 g/mol. The first-order valence-corrected chi connectivity index (χ1v) is 5.40. The molecule has 0 aromatic carbocycles. The van der Waals surface area contributed by atoms with Gasteiger partial charge < -0.3 is 25.6 Å². The van der Waals surface area contributed by atoms with E-state index in [9.17, 15) is 4.79 Å². The summed E-state index contributed by atoms with van der Waals surface area (Å²) in [6, 6.07) is 0. The lowest BCUT2D eigenvalue weighted by atomic mass is 9.69. The Morgan fingerprint density at radius 2 is 2.12 bits per heavy atom. The van der Waals surface area contributed by atoms with Crippen molar-refractivity contribution in [1.29, 1.82) is 0 Å². The van der Waals surface area contributed by atoms with E-state index >= 15 is 0 Å². The highest BCUT2D eigenvalue weighted by Crippen LogP contribution is 2.36. The molecule has 0 bridgehead atoms. The van der Waals surface area contributed by atoms with Gasteiger partial charge in [0, 0.05) is 13.2 Å². The van der Waals surface area contributed by atoms with Crippen LogP contribution in [-0.4, -0.2) is 47.0 Å². The van der Waals surface area contributed by atoms with E-state index in [1.807, 2.05) is 0 Å². The summed E-state index contributed by atoms with van der Waals surface area (Å²) in [4.78, 5) is 10.7. The summed E-state index contributed by atoms with van der Waals surface area (Å²) in [5.41, 5.74) is 4.52. The van der Waals surface area contributed by atoms with Gasteiger partial charge in [0.05, 0.1) is 0 Å². The van der Waals surface area contributed by atoms with Crippen molar-refractivity contribution >= 4 is 13.1 Å². The van der Waals surface area contributed by atoms with E-state index in [2.05, 4.69) is 0 Å². The minimum absolute atomic E-state index is 0.208. The van der Waals surface area contributed by atoms with Crippen molar-refractivity contribution in [1.82, 2.24) is 0 Å². The van der Waals surface area contributed by atoms with Crippen molar-refractivity contribution in [2.75, 3.05) is 13.2 Å². The molecule has 0 amide bonds. The van der Waals surface area contributed by atoms with E-state index < -0.39 is 18.6 Å². The molecule has 0 radical (unpaired) electrons. The maximum atomic E-state index is 10.7. The molecule has 0 saturated heterocycles. The second-order valence-corrected chi connectivity index (χ2v) is 4.43. The quantitative estimate of drug-likeness (QED) is 0.332. The van der Waals surface area contributed by atoms with Crippen molar-refractivity contribution in [3.05, 3.63) is 0 Å². The maximum Gasteiger partial charge on any atom is 0.451 e. The molecule has 0 aliphatic heterocycles. The summed E-state index contributed by atoms with van der Waals surface area (Å²) in [6.07, 6.45) is 1.77. The second kappa shape index (κ2) is 5.63. The molecule has 1 aliphatic rings. The first-order valence-electron chi connectivity index (χ1n) is 5.40. The molecule has 1 aliphatic carbocycles. The third kappa shape index (κ3) is 3.75. The third-order valence-electron chi connectivity index (χ3n) is 2.84. The van der Waals surface area contributed by atoms with Gasteiger partial charge in [-0.1, -0.05) is 0 Å². The number of ether oxygens (including phenoxy) is 1. The van der Waals surface area contributed by atoms with Gasteiger partial charge in [-0.25, -0.2) is 0 Å². The van der Waals surface area contributed by atoms with E-state index in [1.165, 1.54) is 0 Å². The number of hydrogen-bond acceptors (Lipinski definition) is 5. The Hall–Kier alpha value is -0.625. The summed E-state index contributed by atoms with van der Waals surface area (Å²) < 4.78 is 5.29. The molecule has 16 heavy (non-hydrogen) atoms. The SMILES string of the molecule is NC1(C(=O)O)CC(COCCCB(O)O)C1. The molecule has 0 atom stereocenters. The molecule has 92 valence electrons. The molecule has 1 saturated carbocycles. The first-order chi connectivity index (χ1) is 7.44. The van der Waals surface area contributed by atoms with Crippen LogP contribution >= 0.6 is 0 Å². The molecular formula is C9H18BNO5. The zero-order valence-corrected chi connectivity index (χ0v) is 9.13. The summed E-state index contributed by atoms with van der Waals surface area (Å²) >= 11 is 0.